The van der Waals surface area contributed by atoms with Gasteiger partial charge in [-0.05, 0) is 73.7 Å². The van der Waals surface area contributed by atoms with Gasteiger partial charge in [-0.15, -0.1) is 0 Å². The predicted octanol–water partition coefficient (Wildman–Crippen LogP) is 7.51. The summed E-state index contributed by atoms with van der Waals surface area (Å²) in [6, 6.07) is 17.5. The number of anilines is 1. The monoisotopic (exact) mass is 570 g/mol. The highest BCUT2D eigenvalue weighted by Crippen LogP contribution is 2.45. The van der Waals surface area contributed by atoms with E-state index in [1.54, 1.807) is 18.2 Å². The van der Waals surface area contributed by atoms with Gasteiger partial charge in [-0.25, -0.2) is 4.98 Å². The number of Topliss-reactive ketones (excluding diaryl/α,β-unsaturated/α-hetero) is 1. The zero-order valence-corrected chi connectivity index (χ0v) is 24.6. The van der Waals surface area contributed by atoms with Gasteiger partial charge in [-0.1, -0.05) is 61.9 Å². The Balaban J connectivity index is 1.64. The number of amides is 1. The van der Waals surface area contributed by atoms with Gasteiger partial charge >= 0.3 is 5.91 Å². The maximum absolute atomic E-state index is 13.7. The van der Waals surface area contributed by atoms with Gasteiger partial charge in [0.15, 0.2) is 5.13 Å². The number of benzene rings is 3. The van der Waals surface area contributed by atoms with E-state index < -0.39 is 17.7 Å². The minimum Gasteiger partial charge on any atom is -0.507 e. The lowest BCUT2D eigenvalue weighted by molar-refractivity contribution is -0.132. The molecule has 7 nitrogen and oxygen atoms in total. The second-order valence-corrected chi connectivity index (χ2v) is 11.3. The molecular formula is C33H34N2O5S. The Morgan fingerprint density at radius 2 is 1.71 bits per heavy atom. The van der Waals surface area contributed by atoms with Crippen LogP contribution in [0.4, 0.5) is 5.13 Å². The van der Waals surface area contributed by atoms with Crippen LogP contribution in [0.15, 0.2) is 66.2 Å². The van der Waals surface area contributed by atoms with Crippen LogP contribution in [0.5, 0.6) is 11.5 Å². The molecule has 2 heterocycles. The van der Waals surface area contributed by atoms with Crippen LogP contribution in [0.25, 0.3) is 16.0 Å². The minimum atomic E-state index is -0.873. The fourth-order valence-electron chi connectivity index (χ4n) is 5.00. The third-order valence-electron chi connectivity index (χ3n) is 7.01. The average Bonchev–Trinajstić information content (AvgIpc) is 3.50. The summed E-state index contributed by atoms with van der Waals surface area (Å²) in [6.45, 7) is 9.25. The predicted molar refractivity (Wildman–Crippen MR) is 163 cm³/mol. The number of rotatable bonds is 10. The fourth-order valence-corrected chi connectivity index (χ4v) is 6.16. The molecule has 0 bridgehead atoms. The summed E-state index contributed by atoms with van der Waals surface area (Å²) in [4.78, 5) is 33.5. The maximum Gasteiger partial charge on any atom is 0.301 e. The number of aryl methyl sites for hydroxylation is 2. The molecule has 1 saturated heterocycles. The second kappa shape index (κ2) is 12.1. The zero-order valence-electron chi connectivity index (χ0n) is 23.8. The number of hydrogen-bond donors (Lipinski definition) is 1. The van der Waals surface area contributed by atoms with Gasteiger partial charge in [0, 0.05) is 5.56 Å². The molecule has 1 unspecified atom stereocenters. The Kier molecular flexibility index (Phi) is 8.40. The molecule has 0 aliphatic carbocycles. The average molecular weight is 571 g/mol. The number of aliphatic hydroxyl groups is 1. The van der Waals surface area contributed by atoms with E-state index in [0.29, 0.717) is 41.0 Å². The van der Waals surface area contributed by atoms with Crippen LogP contribution in [-0.2, 0) is 9.59 Å². The standard InChI is InChI=1S/C33H34N2O5S/c1-5-7-16-40-25-10-8-9-23(19-25)30(36)27-29(22-11-13-24(14-12-22)39-15-6-2)35(32(38)31(27)37)33-34-28-21(4)17-20(3)18-26(28)41-33/h8-14,17-19,29,36H,5-7,15-16H2,1-4H3/b30-27+. The van der Waals surface area contributed by atoms with Crippen molar-refractivity contribution in [3.63, 3.8) is 0 Å². The molecule has 0 saturated carbocycles. The van der Waals surface area contributed by atoms with Crippen molar-refractivity contribution in [2.75, 3.05) is 18.1 Å². The first kappa shape index (κ1) is 28.4. The van der Waals surface area contributed by atoms with E-state index in [4.69, 9.17) is 14.5 Å². The molecule has 1 aliphatic heterocycles. The van der Waals surface area contributed by atoms with Crippen LogP contribution < -0.4 is 14.4 Å². The zero-order chi connectivity index (χ0) is 29.1. The molecule has 8 heteroatoms. The van der Waals surface area contributed by atoms with E-state index in [9.17, 15) is 14.7 Å². The second-order valence-electron chi connectivity index (χ2n) is 10.2. The Bertz CT molecular complexity index is 1620. The number of carbonyl (C=O) groups excluding carboxylic acids is 2. The van der Waals surface area contributed by atoms with Crippen molar-refractivity contribution in [2.45, 2.75) is 53.0 Å². The highest BCUT2D eigenvalue weighted by Gasteiger charge is 2.48. The molecule has 1 aliphatic rings. The van der Waals surface area contributed by atoms with E-state index in [-0.39, 0.29) is 11.3 Å². The number of carbonyl (C=O) groups is 2. The highest BCUT2D eigenvalue weighted by atomic mass is 32.1. The van der Waals surface area contributed by atoms with Gasteiger partial charge < -0.3 is 14.6 Å². The number of hydrogen-bond acceptors (Lipinski definition) is 7. The number of unbranched alkanes of at least 4 members (excludes halogenated alkanes) is 1. The number of ether oxygens (including phenoxy) is 2. The van der Waals surface area contributed by atoms with Crippen molar-refractivity contribution in [3.05, 3.63) is 88.5 Å². The van der Waals surface area contributed by atoms with Gasteiger partial charge in [0.25, 0.3) is 5.78 Å². The smallest absolute Gasteiger partial charge is 0.301 e. The molecule has 0 spiro atoms. The molecule has 1 aromatic heterocycles. The summed E-state index contributed by atoms with van der Waals surface area (Å²) in [5.74, 6) is -0.468. The van der Waals surface area contributed by atoms with Crippen molar-refractivity contribution in [1.82, 2.24) is 4.98 Å². The van der Waals surface area contributed by atoms with Crippen LogP contribution in [0, 0.1) is 13.8 Å². The molecule has 5 rings (SSSR count). The first-order valence-corrected chi connectivity index (χ1v) is 14.8. The number of aliphatic hydroxyl groups excluding tert-OH is 1. The van der Waals surface area contributed by atoms with Crippen molar-refractivity contribution in [1.29, 1.82) is 0 Å². The topological polar surface area (TPSA) is 89.0 Å². The number of ketones is 1. The van der Waals surface area contributed by atoms with Gasteiger partial charge in [-0.2, -0.15) is 0 Å². The van der Waals surface area contributed by atoms with E-state index in [0.717, 1.165) is 40.6 Å². The summed E-state index contributed by atoms with van der Waals surface area (Å²) in [7, 11) is 0. The lowest BCUT2D eigenvalue weighted by atomic mass is 9.95. The quantitative estimate of drug-likeness (QED) is 0.0919. The number of fused-ring (bicyclic) bond motifs is 1. The Morgan fingerprint density at radius 3 is 2.44 bits per heavy atom. The van der Waals surface area contributed by atoms with Crippen LogP contribution in [0.2, 0.25) is 0 Å². The van der Waals surface area contributed by atoms with Gasteiger partial charge in [0.05, 0.1) is 35.0 Å². The highest BCUT2D eigenvalue weighted by molar-refractivity contribution is 7.22. The summed E-state index contributed by atoms with van der Waals surface area (Å²) < 4.78 is 12.5. The normalized spacial score (nSPS) is 16.5. The van der Waals surface area contributed by atoms with E-state index in [1.165, 1.54) is 16.2 Å². The van der Waals surface area contributed by atoms with E-state index in [2.05, 4.69) is 6.92 Å². The number of nitrogens with zero attached hydrogens (tertiary/aromatic N) is 2. The lowest BCUT2D eigenvalue weighted by Gasteiger charge is -2.23. The lowest BCUT2D eigenvalue weighted by Crippen LogP contribution is -2.29. The van der Waals surface area contributed by atoms with Crippen LogP contribution in [0.3, 0.4) is 0 Å². The van der Waals surface area contributed by atoms with E-state index >= 15 is 0 Å². The van der Waals surface area contributed by atoms with Crippen LogP contribution in [0.1, 0.15) is 61.4 Å². The first-order chi connectivity index (χ1) is 19.8. The van der Waals surface area contributed by atoms with Crippen LogP contribution in [-0.4, -0.2) is 35.0 Å². The van der Waals surface area contributed by atoms with Gasteiger partial charge in [-0.3, -0.25) is 14.5 Å². The molecule has 1 atom stereocenters. The van der Waals surface area contributed by atoms with Gasteiger partial charge in [0.1, 0.15) is 17.3 Å². The molecule has 4 aromatic rings. The Labute approximate surface area is 244 Å². The molecule has 0 radical (unpaired) electrons. The summed E-state index contributed by atoms with van der Waals surface area (Å²) in [5.41, 5.74) is 3.95. The van der Waals surface area contributed by atoms with Crippen molar-refractivity contribution < 1.29 is 24.2 Å². The SMILES string of the molecule is CCCCOc1cccc(/C(O)=C2\C(=O)C(=O)N(c3nc4c(C)cc(C)cc4s3)C2c2ccc(OCCC)cc2)c1. The fraction of sp³-hybridized carbons (Fsp3) is 0.303. The molecule has 1 fully saturated rings. The molecule has 1 amide bonds. The van der Waals surface area contributed by atoms with E-state index in [1.807, 2.05) is 63.2 Å². The minimum absolute atomic E-state index is 0.00935. The molecule has 41 heavy (non-hydrogen) atoms. The van der Waals surface area contributed by atoms with Crippen molar-refractivity contribution >= 4 is 44.1 Å². The Morgan fingerprint density at radius 1 is 0.951 bits per heavy atom. The maximum atomic E-state index is 13.7. The third-order valence-corrected chi connectivity index (χ3v) is 8.01. The molecule has 212 valence electrons. The first-order valence-electron chi connectivity index (χ1n) is 14.0. The summed E-state index contributed by atoms with van der Waals surface area (Å²) >= 11 is 1.36. The summed E-state index contributed by atoms with van der Waals surface area (Å²) in [6.07, 6.45) is 2.77. The number of thiazole rings is 1. The molecule has 3 aromatic carbocycles. The summed E-state index contributed by atoms with van der Waals surface area (Å²) in [5, 5.41) is 12.0. The molecular weight excluding hydrogens is 536 g/mol. The van der Waals surface area contributed by atoms with Crippen molar-refractivity contribution in [3.8, 4) is 11.5 Å². The Hall–Kier alpha value is -4.17. The third kappa shape index (κ3) is 5.70. The van der Waals surface area contributed by atoms with Crippen molar-refractivity contribution in [2.24, 2.45) is 0 Å². The molecule has 1 N–H and O–H groups in total. The van der Waals surface area contributed by atoms with Crippen LogP contribution >= 0.6 is 11.3 Å². The van der Waals surface area contributed by atoms with Gasteiger partial charge in [0.2, 0.25) is 0 Å². The largest absolute Gasteiger partial charge is 0.507 e. The number of aromatic nitrogens is 1.